The molecule has 2 aliphatic rings. The Morgan fingerprint density at radius 1 is 1.03 bits per heavy atom. The minimum Gasteiger partial charge on any atom is -0.478 e. The summed E-state index contributed by atoms with van der Waals surface area (Å²) < 4.78 is 39.0. The normalized spacial score (nSPS) is 21.7. The van der Waals surface area contributed by atoms with Crippen LogP contribution in [0.2, 0.25) is 0 Å². The fraction of sp³-hybridized carbons (Fsp3) is 0.481. The molecule has 2 fully saturated rings. The number of alkyl halides is 3. The fourth-order valence-electron chi connectivity index (χ4n) is 5.43. The number of carbonyl (C=O) groups excluding carboxylic acids is 2. The molecule has 204 valence electrons. The van der Waals surface area contributed by atoms with Gasteiger partial charge in [0.15, 0.2) is 0 Å². The first kappa shape index (κ1) is 27.4. The Morgan fingerprint density at radius 2 is 1.74 bits per heavy atom. The fourth-order valence-corrected chi connectivity index (χ4v) is 5.43. The number of likely N-dealkylation sites (tertiary alicyclic amines) is 1. The number of carbonyl (C=O) groups is 3. The number of carboxylic acids is 1. The number of rotatable bonds is 5. The van der Waals surface area contributed by atoms with E-state index in [0.29, 0.717) is 31.1 Å². The molecule has 1 aromatic heterocycles. The molecule has 1 aromatic carbocycles. The van der Waals surface area contributed by atoms with Crippen molar-refractivity contribution in [3.63, 3.8) is 0 Å². The molecule has 4 rings (SSSR count). The molecule has 11 heteroatoms. The van der Waals surface area contributed by atoms with Crippen LogP contribution >= 0.6 is 0 Å². The van der Waals surface area contributed by atoms with E-state index in [0.717, 1.165) is 36.8 Å². The van der Waals surface area contributed by atoms with Gasteiger partial charge in [0.05, 0.1) is 11.1 Å². The van der Waals surface area contributed by atoms with Gasteiger partial charge in [0.1, 0.15) is 11.9 Å². The molecule has 0 bridgehead atoms. The molecule has 0 radical (unpaired) electrons. The molecule has 1 aliphatic carbocycles. The van der Waals surface area contributed by atoms with Crippen LogP contribution in [-0.2, 0) is 11.0 Å². The Labute approximate surface area is 218 Å². The Morgan fingerprint density at radius 3 is 2.34 bits per heavy atom. The van der Waals surface area contributed by atoms with Crippen LogP contribution in [0.5, 0.6) is 0 Å². The highest BCUT2D eigenvalue weighted by Crippen LogP contribution is 2.34. The van der Waals surface area contributed by atoms with Crippen molar-refractivity contribution in [3.05, 3.63) is 58.3 Å². The molecule has 2 aromatic rings. The smallest absolute Gasteiger partial charge is 0.418 e. The van der Waals surface area contributed by atoms with Crippen LogP contribution in [0.25, 0.3) is 0 Å². The lowest BCUT2D eigenvalue weighted by Crippen LogP contribution is -2.50. The number of benzene rings is 1. The van der Waals surface area contributed by atoms with Crippen molar-refractivity contribution in [2.45, 2.75) is 76.6 Å². The predicted octanol–water partition coefficient (Wildman–Crippen LogP) is 5.25. The molecular weight excluding hydrogens is 501 g/mol. The van der Waals surface area contributed by atoms with E-state index < -0.39 is 29.8 Å². The van der Waals surface area contributed by atoms with Gasteiger partial charge in [-0.25, -0.2) is 14.6 Å². The lowest BCUT2D eigenvalue weighted by molar-refractivity contribution is -0.138. The second kappa shape index (κ2) is 11.0. The zero-order valence-electron chi connectivity index (χ0n) is 21.3. The van der Waals surface area contributed by atoms with Crippen molar-refractivity contribution in [2.75, 3.05) is 11.9 Å². The van der Waals surface area contributed by atoms with E-state index in [4.69, 9.17) is 0 Å². The lowest BCUT2D eigenvalue weighted by atomic mass is 9.81. The average Bonchev–Trinajstić information content (AvgIpc) is 3.34. The van der Waals surface area contributed by atoms with Crippen molar-refractivity contribution < 1.29 is 32.7 Å². The number of carboxylic acid groups (broad SMARTS) is 1. The Kier molecular flexibility index (Phi) is 7.94. The lowest BCUT2D eigenvalue weighted by Gasteiger charge is -2.31. The summed E-state index contributed by atoms with van der Waals surface area (Å²) in [6.07, 6.45) is 0.549. The van der Waals surface area contributed by atoms with Gasteiger partial charge in [0.25, 0.3) is 0 Å². The summed E-state index contributed by atoms with van der Waals surface area (Å²) in [6, 6.07) is 5.34. The van der Waals surface area contributed by atoms with E-state index in [9.17, 15) is 32.7 Å². The van der Waals surface area contributed by atoms with E-state index in [1.807, 2.05) is 12.1 Å². The second-order valence-electron chi connectivity index (χ2n) is 10.1. The van der Waals surface area contributed by atoms with Gasteiger partial charge in [-0.2, -0.15) is 13.2 Å². The Balaban J connectivity index is 1.31. The Bertz CT molecular complexity index is 1230. The first-order valence-corrected chi connectivity index (χ1v) is 12.7. The number of aromatic carboxylic acids is 1. The maximum absolute atomic E-state index is 13.1. The number of aryl methyl sites for hydroxylation is 2. The molecular formula is C27H31F3N4O4. The molecule has 0 spiro atoms. The van der Waals surface area contributed by atoms with E-state index in [-0.39, 0.29) is 29.2 Å². The summed E-state index contributed by atoms with van der Waals surface area (Å²) in [5, 5.41) is 14.8. The standard InChI is InChI=1S/C27H31F3N4O4/c1-15-12-18(7-10-20(15)25(36)37)17-5-8-19(9-6-17)32-24(35)22-4-3-11-34(22)26(38)33-23-13-16(2)21(14-31-23)27(28,29)30/h7,10,12-14,17,19,22H,3-6,8-9,11H2,1-2H3,(H,32,35)(H,36,37)(H,31,33,38)/t17?,19?,22-/m1/s1. The minimum absolute atomic E-state index is 0.00324. The van der Waals surface area contributed by atoms with Gasteiger partial charge in [-0.15, -0.1) is 0 Å². The topological polar surface area (TPSA) is 112 Å². The second-order valence-corrected chi connectivity index (χ2v) is 10.1. The summed E-state index contributed by atoms with van der Waals surface area (Å²) in [6.45, 7) is 3.45. The molecule has 3 amide bonds. The van der Waals surface area contributed by atoms with Gasteiger partial charge in [-0.05, 0) is 87.1 Å². The van der Waals surface area contributed by atoms with E-state index in [2.05, 4.69) is 15.6 Å². The van der Waals surface area contributed by atoms with Gasteiger partial charge < -0.3 is 15.3 Å². The van der Waals surface area contributed by atoms with Crippen LogP contribution < -0.4 is 10.6 Å². The van der Waals surface area contributed by atoms with Gasteiger partial charge in [0.2, 0.25) is 5.91 Å². The molecule has 3 N–H and O–H groups in total. The number of halogens is 3. The monoisotopic (exact) mass is 532 g/mol. The number of urea groups is 1. The van der Waals surface area contributed by atoms with Gasteiger partial charge in [0, 0.05) is 18.8 Å². The van der Waals surface area contributed by atoms with Crippen LogP contribution in [0.4, 0.5) is 23.8 Å². The molecule has 1 saturated carbocycles. The van der Waals surface area contributed by atoms with Crippen LogP contribution in [0.1, 0.15) is 77.1 Å². The zero-order chi connectivity index (χ0) is 27.6. The molecule has 1 saturated heterocycles. The summed E-state index contributed by atoms with van der Waals surface area (Å²) in [5.74, 6) is -0.894. The highest BCUT2D eigenvalue weighted by atomic mass is 19.4. The third kappa shape index (κ3) is 6.08. The first-order chi connectivity index (χ1) is 17.9. The third-order valence-electron chi connectivity index (χ3n) is 7.49. The van der Waals surface area contributed by atoms with Crippen molar-refractivity contribution in [1.29, 1.82) is 0 Å². The zero-order valence-corrected chi connectivity index (χ0v) is 21.3. The largest absolute Gasteiger partial charge is 0.478 e. The summed E-state index contributed by atoms with van der Waals surface area (Å²) >= 11 is 0. The third-order valence-corrected chi connectivity index (χ3v) is 7.49. The highest BCUT2D eigenvalue weighted by molar-refractivity contribution is 5.93. The number of aromatic nitrogens is 1. The van der Waals surface area contributed by atoms with Crippen LogP contribution in [0.3, 0.4) is 0 Å². The number of amides is 3. The average molecular weight is 533 g/mol. The quantitative estimate of drug-likeness (QED) is 0.487. The van der Waals surface area contributed by atoms with Gasteiger partial charge in [-0.3, -0.25) is 10.1 Å². The Hall–Kier alpha value is -3.63. The van der Waals surface area contributed by atoms with Crippen molar-refractivity contribution >= 4 is 23.7 Å². The maximum atomic E-state index is 13.1. The first-order valence-electron chi connectivity index (χ1n) is 12.7. The summed E-state index contributed by atoms with van der Waals surface area (Å²) in [7, 11) is 0. The van der Waals surface area contributed by atoms with Crippen molar-refractivity contribution in [1.82, 2.24) is 15.2 Å². The molecule has 1 atom stereocenters. The van der Waals surface area contributed by atoms with Crippen LogP contribution in [-0.4, -0.2) is 51.5 Å². The number of anilines is 1. The SMILES string of the molecule is Cc1cc(C2CCC(NC(=O)[C@H]3CCCN3C(=O)Nc3cc(C)c(C(F)(F)F)cn3)CC2)ccc1C(=O)O. The molecule has 1 aliphatic heterocycles. The molecule has 2 heterocycles. The summed E-state index contributed by atoms with van der Waals surface area (Å²) in [5.41, 5.74) is 1.21. The number of nitrogens with zero attached hydrogens (tertiary/aromatic N) is 2. The molecule has 38 heavy (non-hydrogen) atoms. The van der Waals surface area contributed by atoms with Gasteiger partial charge >= 0.3 is 18.2 Å². The summed E-state index contributed by atoms with van der Waals surface area (Å²) in [4.78, 5) is 42.3. The van der Waals surface area contributed by atoms with E-state index >= 15 is 0 Å². The van der Waals surface area contributed by atoms with E-state index in [1.165, 1.54) is 17.9 Å². The number of hydrogen-bond donors (Lipinski definition) is 3. The molecule has 8 nitrogen and oxygen atoms in total. The van der Waals surface area contributed by atoms with Crippen molar-refractivity contribution in [2.24, 2.45) is 0 Å². The minimum atomic E-state index is -4.53. The van der Waals surface area contributed by atoms with E-state index in [1.54, 1.807) is 13.0 Å². The number of hydrogen-bond acceptors (Lipinski definition) is 4. The number of pyridine rings is 1. The molecule has 0 unspecified atom stereocenters. The number of nitrogens with one attached hydrogen (secondary N) is 2. The van der Waals surface area contributed by atoms with Crippen molar-refractivity contribution in [3.8, 4) is 0 Å². The predicted molar refractivity (Wildman–Crippen MR) is 134 cm³/mol. The van der Waals surface area contributed by atoms with Crippen LogP contribution in [0, 0.1) is 13.8 Å². The highest BCUT2D eigenvalue weighted by Gasteiger charge is 2.36. The van der Waals surface area contributed by atoms with Crippen LogP contribution in [0.15, 0.2) is 30.5 Å². The van der Waals surface area contributed by atoms with Gasteiger partial charge in [-0.1, -0.05) is 12.1 Å². The maximum Gasteiger partial charge on any atom is 0.418 e.